The lowest BCUT2D eigenvalue weighted by Gasteiger charge is -2.28. The molecule has 1 aliphatic heterocycles. The molecule has 0 bridgehead atoms. The fraction of sp³-hybridized carbons (Fsp3) is 0.167. The van der Waals surface area contributed by atoms with Crippen LogP contribution in [0.3, 0.4) is 0 Å². The van der Waals surface area contributed by atoms with Crippen molar-refractivity contribution in [3.8, 4) is 0 Å². The lowest BCUT2D eigenvalue weighted by Crippen LogP contribution is -2.29. The Balaban J connectivity index is 1.69. The first-order chi connectivity index (χ1) is 14.5. The number of rotatable bonds is 5. The van der Waals surface area contributed by atoms with Crippen LogP contribution in [0.15, 0.2) is 88.4 Å². The van der Waals surface area contributed by atoms with Crippen LogP contribution >= 0.6 is 27.5 Å². The first kappa shape index (κ1) is 20.8. The van der Waals surface area contributed by atoms with Gasteiger partial charge in [-0.25, -0.2) is 5.01 Å². The number of amides is 1. The van der Waals surface area contributed by atoms with Gasteiger partial charge in [-0.2, -0.15) is 5.10 Å². The topological polar surface area (TPSA) is 35.9 Å². The predicted octanol–water partition coefficient (Wildman–Crippen LogP) is 5.87. The minimum atomic E-state index is -0.270. The number of nitrogens with zero attached hydrogens (tertiary/aromatic N) is 3. The summed E-state index contributed by atoms with van der Waals surface area (Å²) in [4.78, 5) is 15.1. The zero-order valence-electron chi connectivity index (χ0n) is 16.5. The van der Waals surface area contributed by atoms with Gasteiger partial charge in [-0.3, -0.25) is 9.69 Å². The van der Waals surface area contributed by atoms with Crippen LogP contribution in [0.5, 0.6) is 0 Å². The lowest BCUT2D eigenvalue weighted by atomic mass is 10.1. The summed E-state index contributed by atoms with van der Waals surface area (Å²) in [6, 6.07) is 25.7. The van der Waals surface area contributed by atoms with Gasteiger partial charge < -0.3 is 0 Å². The van der Waals surface area contributed by atoms with E-state index in [9.17, 15) is 4.79 Å². The zero-order valence-corrected chi connectivity index (χ0v) is 18.8. The van der Waals surface area contributed by atoms with E-state index in [1.54, 1.807) is 5.01 Å². The van der Waals surface area contributed by atoms with Crippen molar-refractivity contribution in [3.05, 3.63) is 105 Å². The molecule has 1 amide bonds. The smallest absolute Gasteiger partial charge is 0.258 e. The van der Waals surface area contributed by atoms with Crippen molar-refractivity contribution in [1.82, 2.24) is 9.91 Å². The molecule has 1 atom stereocenters. The second kappa shape index (κ2) is 9.13. The summed E-state index contributed by atoms with van der Waals surface area (Å²) in [6.45, 7) is 2.89. The Kier molecular flexibility index (Phi) is 6.32. The molecule has 0 unspecified atom stereocenters. The summed E-state index contributed by atoms with van der Waals surface area (Å²) in [5.74, 6) is -0.0211. The number of hydrazone groups is 1. The molecule has 0 radical (unpaired) electrons. The molecule has 0 aliphatic carbocycles. The Morgan fingerprint density at radius 2 is 1.70 bits per heavy atom. The van der Waals surface area contributed by atoms with Gasteiger partial charge >= 0.3 is 0 Å². The van der Waals surface area contributed by atoms with Crippen LogP contribution in [-0.4, -0.2) is 28.1 Å². The summed E-state index contributed by atoms with van der Waals surface area (Å²) in [6.07, 6.45) is -0.270. The Bertz CT molecular complexity index is 1050. The van der Waals surface area contributed by atoms with Crippen LogP contribution in [-0.2, 0) is 11.3 Å². The van der Waals surface area contributed by atoms with E-state index in [0.717, 1.165) is 26.9 Å². The minimum absolute atomic E-state index is 0.0211. The Hall–Kier alpha value is -2.47. The van der Waals surface area contributed by atoms with Crippen LogP contribution < -0.4 is 0 Å². The van der Waals surface area contributed by atoms with E-state index >= 15 is 0 Å². The van der Waals surface area contributed by atoms with Crippen molar-refractivity contribution < 1.29 is 4.79 Å². The van der Waals surface area contributed by atoms with Gasteiger partial charge in [0, 0.05) is 16.0 Å². The van der Waals surface area contributed by atoms with E-state index in [4.69, 9.17) is 16.7 Å². The second-order valence-corrected chi connectivity index (χ2v) is 8.60. The van der Waals surface area contributed by atoms with Gasteiger partial charge in [-0.15, -0.1) is 0 Å². The van der Waals surface area contributed by atoms with Gasteiger partial charge in [0.1, 0.15) is 6.17 Å². The molecule has 0 saturated carbocycles. The van der Waals surface area contributed by atoms with E-state index < -0.39 is 0 Å². The van der Waals surface area contributed by atoms with Gasteiger partial charge in [0.05, 0.1) is 12.3 Å². The maximum absolute atomic E-state index is 13.0. The maximum Gasteiger partial charge on any atom is 0.258 e. The Labute approximate surface area is 189 Å². The van der Waals surface area contributed by atoms with Gasteiger partial charge in [-0.05, 0) is 47.9 Å². The first-order valence-corrected chi connectivity index (χ1v) is 10.8. The molecule has 30 heavy (non-hydrogen) atoms. The van der Waals surface area contributed by atoms with E-state index in [-0.39, 0.29) is 12.1 Å². The van der Waals surface area contributed by atoms with E-state index in [1.807, 2.05) is 73.7 Å². The van der Waals surface area contributed by atoms with Gasteiger partial charge in [0.15, 0.2) is 0 Å². The molecule has 4 rings (SSSR count). The Morgan fingerprint density at radius 1 is 1.03 bits per heavy atom. The molecular weight excluding hydrogens is 462 g/mol. The van der Waals surface area contributed by atoms with Gasteiger partial charge in [0.25, 0.3) is 5.91 Å². The molecule has 152 valence electrons. The monoisotopic (exact) mass is 481 g/mol. The highest BCUT2D eigenvalue weighted by Crippen LogP contribution is 2.33. The summed E-state index contributed by atoms with van der Waals surface area (Å²) < 4.78 is 0.998. The summed E-state index contributed by atoms with van der Waals surface area (Å²) in [7, 11) is 0. The SMILES string of the molecule is C/C(=N/N1C(=O)CN(Cc2ccccc2)[C@H]1c1ccc(Br)cc1)c1ccc(Cl)cc1. The number of benzene rings is 3. The molecule has 0 spiro atoms. The molecule has 4 nitrogen and oxygen atoms in total. The average Bonchev–Trinajstić information content (AvgIpc) is 3.04. The summed E-state index contributed by atoms with van der Waals surface area (Å²) in [5, 5.41) is 7.01. The fourth-order valence-electron chi connectivity index (χ4n) is 3.59. The molecule has 3 aromatic rings. The van der Waals surface area contributed by atoms with Crippen LogP contribution in [0.25, 0.3) is 0 Å². The van der Waals surface area contributed by atoms with Crippen molar-refractivity contribution in [2.75, 3.05) is 6.54 Å². The van der Waals surface area contributed by atoms with Crippen molar-refractivity contribution in [1.29, 1.82) is 0 Å². The van der Waals surface area contributed by atoms with Crippen LogP contribution in [0, 0.1) is 0 Å². The second-order valence-electron chi connectivity index (χ2n) is 7.25. The Morgan fingerprint density at radius 3 is 2.37 bits per heavy atom. The zero-order chi connectivity index (χ0) is 21.1. The number of carbonyl (C=O) groups is 1. The number of hydrogen-bond donors (Lipinski definition) is 0. The minimum Gasteiger partial charge on any atom is -0.271 e. The van der Waals surface area contributed by atoms with Crippen molar-refractivity contribution in [2.45, 2.75) is 19.6 Å². The van der Waals surface area contributed by atoms with E-state index in [1.165, 1.54) is 0 Å². The molecule has 0 N–H and O–H groups in total. The standard InChI is InChI=1S/C24H21BrClN3O/c1-17(19-9-13-22(26)14-10-19)27-29-23(30)16-28(15-18-5-3-2-4-6-18)24(29)20-7-11-21(25)12-8-20/h2-14,24H,15-16H2,1H3/b27-17-/t24-/m1/s1. The third kappa shape index (κ3) is 4.64. The van der Waals surface area contributed by atoms with Crippen LogP contribution in [0.1, 0.15) is 29.8 Å². The number of halogens is 2. The lowest BCUT2D eigenvalue weighted by molar-refractivity contribution is -0.128. The third-order valence-electron chi connectivity index (χ3n) is 5.09. The number of carbonyl (C=O) groups excluding carboxylic acids is 1. The fourth-order valence-corrected chi connectivity index (χ4v) is 3.98. The number of hydrogen-bond acceptors (Lipinski definition) is 3. The third-order valence-corrected chi connectivity index (χ3v) is 5.87. The van der Waals surface area contributed by atoms with Crippen LogP contribution in [0.4, 0.5) is 0 Å². The molecule has 3 aromatic carbocycles. The van der Waals surface area contributed by atoms with Gasteiger partial charge in [0.2, 0.25) is 0 Å². The molecule has 1 saturated heterocycles. The van der Waals surface area contributed by atoms with Crippen LogP contribution in [0.2, 0.25) is 5.02 Å². The normalized spacial score (nSPS) is 17.6. The van der Waals surface area contributed by atoms with Crippen molar-refractivity contribution in [3.63, 3.8) is 0 Å². The molecule has 1 fully saturated rings. The average molecular weight is 483 g/mol. The largest absolute Gasteiger partial charge is 0.271 e. The van der Waals surface area contributed by atoms with E-state index in [2.05, 4.69) is 33.0 Å². The molecule has 0 aromatic heterocycles. The molecule has 6 heteroatoms. The molecular formula is C24H21BrClN3O. The highest BCUT2D eigenvalue weighted by molar-refractivity contribution is 9.10. The maximum atomic E-state index is 13.0. The summed E-state index contributed by atoms with van der Waals surface area (Å²) in [5.41, 5.74) is 3.88. The highest BCUT2D eigenvalue weighted by atomic mass is 79.9. The quantitative estimate of drug-likeness (QED) is 0.426. The van der Waals surface area contributed by atoms with Gasteiger partial charge in [-0.1, -0.05) is 82.1 Å². The predicted molar refractivity (Wildman–Crippen MR) is 124 cm³/mol. The molecule has 1 heterocycles. The first-order valence-electron chi connectivity index (χ1n) is 9.68. The van der Waals surface area contributed by atoms with Crippen molar-refractivity contribution in [2.24, 2.45) is 5.10 Å². The van der Waals surface area contributed by atoms with E-state index in [0.29, 0.717) is 18.1 Å². The summed E-state index contributed by atoms with van der Waals surface area (Å²) >= 11 is 9.50. The van der Waals surface area contributed by atoms with Crippen molar-refractivity contribution >= 4 is 39.1 Å². The highest BCUT2D eigenvalue weighted by Gasteiger charge is 2.39. The molecule has 1 aliphatic rings.